The number of amides is 2. The zero-order chi connectivity index (χ0) is 16.8. The highest BCUT2D eigenvalue weighted by Crippen LogP contribution is 2.21. The van der Waals surface area contributed by atoms with Crippen LogP contribution in [0.1, 0.15) is 25.7 Å². The molecule has 1 aromatic rings. The van der Waals surface area contributed by atoms with Crippen molar-refractivity contribution >= 4 is 17.5 Å². The molecule has 0 saturated carbocycles. The fourth-order valence-electron chi connectivity index (χ4n) is 2.64. The third-order valence-electron chi connectivity index (χ3n) is 4.02. The summed E-state index contributed by atoms with van der Waals surface area (Å²) in [6.07, 6.45) is 3.68. The van der Waals surface area contributed by atoms with E-state index in [1.165, 1.54) is 4.68 Å². The van der Waals surface area contributed by atoms with Gasteiger partial charge in [-0.25, -0.2) is 4.68 Å². The molecule has 2 amide bonds. The molecule has 126 valence electrons. The number of carbonyl (C=O) groups excluding carboxylic acids is 2. The van der Waals surface area contributed by atoms with Crippen LogP contribution in [-0.2, 0) is 16.6 Å². The van der Waals surface area contributed by atoms with Gasteiger partial charge < -0.3 is 16.0 Å². The predicted octanol–water partition coefficient (Wildman–Crippen LogP) is -0.622. The molecule has 2 rings (SSSR count). The zero-order valence-corrected chi connectivity index (χ0v) is 13.3. The van der Waals surface area contributed by atoms with Gasteiger partial charge in [0.15, 0.2) is 0 Å². The third kappa shape index (κ3) is 5.08. The van der Waals surface area contributed by atoms with Crippen LogP contribution in [0.25, 0.3) is 0 Å². The van der Waals surface area contributed by atoms with Gasteiger partial charge in [-0.2, -0.15) is 5.10 Å². The van der Waals surface area contributed by atoms with Crippen LogP contribution in [0, 0.1) is 5.92 Å². The standard InChI is InChI=1S/C15H23N5O3/c1-19-15(23)7-12(9-18-19)20-6-5-11(10-20)8-17-14(22)4-2-3-13(16)21/h7,9,11H,2-6,8,10H2,1H3,(H2,16,21)(H,17,22)/t11-/m0/s1. The molecule has 1 atom stereocenters. The summed E-state index contributed by atoms with van der Waals surface area (Å²) in [5.74, 6) is -0.0917. The first-order valence-corrected chi connectivity index (χ1v) is 7.79. The van der Waals surface area contributed by atoms with E-state index in [0.29, 0.717) is 25.3 Å². The van der Waals surface area contributed by atoms with Gasteiger partial charge in [0.1, 0.15) is 0 Å². The number of hydrogen-bond acceptors (Lipinski definition) is 5. The lowest BCUT2D eigenvalue weighted by Gasteiger charge is -2.18. The highest BCUT2D eigenvalue weighted by molar-refractivity contribution is 5.77. The van der Waals surface area contributed by atoms with E-state index in [1.807, 2.05) is 0 Å². The van der Waals surface area contributed by atoms with Gasteiger partial charge in [-0.1, -0.05) is 0 Å². The second-order valence-corrected chi connectivity index (χ2v) is 5.90. The van der Waals surface area contributed by atoms with E-state index in [-0.39, 0.29) is 23.8 Å². The van der Waals surface area contributed by atoms with E-state index in [2.05, 4.69) is 15.3 Å². The molecular formula is C15H23N5O3. The number of rotatable bonds is 7. The second kappa shape index (κ2) is 7.75. The van der Waals surface area contributed by atoms with Crippen molar-refractivity contribution in [2.45, 2.75) is 25.7 Å². The Hall–Kier alpha value is -2.38. The number of primary amides is 1. The molecular weight excluding hydrogens is 298 g/mol. The van der Waals surface area contributed by atoms with Crippen molar-refractivity contribution in [2.24, 2.45) is 18.7 Å². The molecule has 1 aromatic heterocycles. The lowest BCUT2D eigenvalue weighted by molar-refractivity contribution is -0.121. The van der Waals surface area contributed by atoms with Crippen molar-refractivity contribution in [2.75, 3.05) is 24.5 Å². The maximum absolute atomic E-state index is 11.7. The lowest BCUT2D eigenvalue weighted by atomic mass is 10.1. The van der Waals surface area contributed by atoms with Gasteiger partial charge in [-0.05, 0) is 18.8 Å². The minimum Gasteiger partial charge on any atom is -0.370 e. The molecule has 2 heterocycles. The highest BCUT2D eigenvalue weighted by Gasteiger charge is 2.23. The van der Waals surface area contributed by atoms with E-state index in [0.717, 1.165) is 25.2 Å². The van der Waals surface area contributed by atoms with E-state index in [4.69, 9.17) is 5.73 Å². The highest BCUT2D eigenvalue weighted by atomic mass is 16.2. The van der Waals surface area contributed by atoms with Crippen molar-refractivity contribution in [3.05, 3.63) is 22.6 Å². The largest absolute Gasteiger partial charge is 0.370 e. The van der Waals surface area contributed by atoms with Gasteiger partial charge in [0, 0.05) is 45.6 Å². The quantitative estimate of drug-likeness (QED) is 0.695. The summed E-state index contributed by atoms with van der Waals surface area (Å²) >= 11 is 0. The Morgan fingerprint density at radius 3 is 2.91 bits per heavy atom. The van der Waals surface area contributed by atoms with Crippen molar-refractivity contribution in [3.8, 4) is 0 Å². The number of anilines is 1. The van der Waals surface area contributed by atoms with Crippen LogP contribution in [0.2, 0.25) is 0 Å². The molecule has 1 aliphatic rings. The minimum atomic E-state index is -0.383. The average Bonchev–Trinajstić information content (AvgIpc) is 2.96. The number of nitrogens with zero attached hydrogens (tertiary/aromatic N) is 3. The fourth-order valence-corrected chi connectivity index (χ4v) is 2.64. The first kappa shape index (κ1) is 17.0. The number of carbonyl (C=O) groups is 2. The van der Waals surface area contributed by atoms with Crippen LogP contribution in [-0.4, -0.2) is 41.2 Å². The summed E-state index contributed by atoms with van der Waals surface area (Å²) in [6, 6.07) is 1.58. The summed E-state index contributed by atoms with van der Waals surface area (Å²) in [5, 5.41) is 6.92. The molecule has 1 aliphatic heterocycles. The fraction of sp³-hybridized carbons (Fsp3) is 0.600. The van der Waals surface area contributed by atoms with Crippen LogP contribution in [0.5, 0.6) is 0 Å². The van der Waals surface area contributed by atoms with E-state index in [9.17, 15) is 14.4 Å². The topological polar surface area (TPSA) is 110 Å². The Morgan fingerprint density at radius 1 is 1.43 bits per heavy atom. The van der Waals surface area contributed by atoms with Gasteiger partial charge in [-0.3, -0.25) is 14.4 Å². The normalized spacial score (nSPS) is 17.3. The van der Waals surface area contributed by atoms with Gasteiger partial charge in [0.05, 0.1) is 11.9 Å². The van der Waals surface area contributed by atoms with Gasteiger partial charge in [0.2, 0.25) is 11.8 Å². The Bertz CT molecular complexity index is 628. The summed E-state index contributed by atoms with van der Waals surface area (Å²) in [4.78, 5) is 36.0. The van der Waals surface area contributed by atoms with Crippen LogP contribution in [0.3, 0.4) is 0 Å². The van der Waals surface area contributed by atoms with Crippen molar-refractivity contribution < 1.29 is 9.59 Å². The van der Waals surface area contributed by atoms with Crippen molar-refractivity contribution in [1.29, 1.82) is 0 Å². The van der Waals surface area contributed by atoms with E-state index in [1.54, 1.807) is 19.3 Å². The molecule has 1 fully saturated rings. The molecule has 0 aromatic carbocycles. The van der Waals surface area contributed by atoms with E-state index < -0.39 is 0 Å². The Kier molecular flexibility index (Phi) is 5.72. The van der Waals surface area contributed by atoms with Crippen molar-refractivity contribution in [3.63, 3.8) is 0 Å². The summed E-state index contributed by atoms with van der Waals surface area (Å²) in [5.41, 5.74) is 5.73. The molecule has 0 aliphatic carbocycles. The van der Waals surface area contributed by atoms with Crippen LogP contribution in [0.4, 0.5) is 5.69 Å². The van der Waals surface area contributed by atoms with Crippen LogP contribution in [0.15, 0.2) is 17.1 Å². The minimum absolute atomic E-state index is 0.0556. The molecule has 0 radical (unpaired) electrons. The van der Waals surface area contributed by atoms with Crippen LogP contribution < -0.4 is 21.5 Å². The maximum Gasteiger partial charge on any atom is 0.268 e. The average molecular weight is 321 g/mol. The van der Waals surface area contributed by atoms with Crippen molar-refractivity contribution in [1.82, 2.24) is 15.1 Å². The third-order valence-corrected chi connectivity index (χ3v) is 4.02. The molecule has 3 N–H and O–H groups in total. The molecule has 0 bridgehead atoms. The molecule has 0 unspecified atom stereocenters. The van der Waals surface area contributed by atoms with E-state index >= 15 is 0 Å². The van der Waals surface area contributed by atoms with Gasteiger partial charge in [0.25, 0.3) is 5.56 Å². The maximum atomic E-state index is 11.7. The number of hydrogen-bond donors (Lipinski definition) is 2. The number of nitrogens with two attached hydrogens (primary N) is 1. The smallest absolute Gasteiger partial charge is 0.268 e. The van der Waals surface area contributed by atoms with Gasteiger partial charge in [-0.15, -0.1) is 0 Å². The Morgan fingerprint density at radius 2 is 2.22 bits per heavy atom. The predicted molar refractivity (Wildman–Crippen MR) is 85.9 cm³/mol. The first-order chi connectivity index (χ1) is 11.0. The Labute approximate surface area is 134 Å². The SMILES string of the molecule is Cn1ncc(N2CC[C@@H](CNC(=O)CCCC(N)=O)C2)cc1=O. The second-order valence-electron chi connectivity index (χ2n) is 5.90. The molecule has 8 nitrogen and oxygen atoms in total. The number of nitrogens with one attached hydrogen (secondary N) is 1. The summed E-state index contributed by atoms with van der Waals surface area (Å²) in [7, 11) is 1.62. The summed E-state index contributed by atoms with van der Waals surface area (Å²) in [6.45, 7) is 2.23. The molecule has 1 saturated heterocycles. The Balaban J connectivity index is 1.75. The monoisotopic (exact) mass is 321 g/mol. The first-order valence-electron chi connectivity index (χ1n) is 7.79. The number of aryl methyl sites for hydroxylation is 1. The summed E-state index contributed by atoms with van der Waals surface area (Å²) < 4.78 is 1.30. The lowest BCUT2D eigenvalue weighted by Crippen LogP contribution is -2.31. The zero-order valence-electron chi connectivity index (χ0n) is 13.3. The molecule has 23 heavy (non-hydrogen) atoms. The van der Waals surface area contributed by atoms with Crippen LogP contribution >= 0.6 is 0 Å². The van der Waals surface area contributed by atoms with Gasteiger partial charge >= 0.3 is 0 Å². The molecule has 8 heteroatoms. The molecule has 0 spiro atoms. The number of aromatic nitrogens is 2.